The molecular formula is C45H52AgN7O4. The minimum Gasteiger partial charge on any atom is -0.397 e. The Bertz CT molecular complexity index is 1850. The monoisotopic (exact) mass is 861 g/mol. The van der Waals surface area contributed by atoms with Gasteiger partial charge in [0.2, 0.25) is 11.6 Å². The average Bonchev–Trinajstić information content (AvgIpc) is 3.70. The number of rotatable bonds is 4. The van der Waals surface area contributed by atoms with Gasteiger partial charge in [-0.25, -0.2) is 0 Å². The van der Waals surface area contributed by atoms with Gasteiger partial charge in [-0.3, -0.25) is 0 Å². The van der Waals surface area contributed by atoms with Gasteiger partial charge in [0.1, 0.15) is 0 Å². The molecule has 2 aliphatic carbocycles. The van der Waals surface area contributed by atoms with Gasteiger partial charge >= 0.3 is 22.4 Å². The second kappa shape index (κ2) is 28.0. The summed E-state index contributed by atoms with van der Waals surface area (Å²) in [5.41, 5.74) is 9.14. The van der Waals surface area contributed by atoms with E-state index in [4.69, 9.17) is 20.4 Å². The van der Waals surface area contributed by atoms with Crippen molar-refractivity contribution < 1.29 is 37.8 Å². The van der Waals surface area contributed by atoms with Crippen molar-refractivity contribution in [1.29, 1.82) is 0 Å². The van der Waals surface area contributed by atoms with Crippen LogP contribution in [-0.2, 0) is 35.2 Å². The third-order valence-corrected chi connectivity index (χ3v) is 8.59. The molecule has 6 aromatic rings. The fourth-order valence-corrected chi connectivity index (χ4v) is 6.05. The molecular weight excluding hydrogens is 810 g/mol. The summed E-state index contributed by atoms with van der Waals surface area (Å²) < 4.78 is 0. The SMILES string of the molecule is C1=CCCCCC1.CCO.O=[N+]([O-])O.[Ag+].[CH3-].c1ccc(-c2nnc(-c3ccccc3)c3c2CCCCC3)cc1.c1ccc(-c2nnc(-c3ccccc3)nn2)cc1. The fraction of sp³-hybridized carbons (Fsp3) is 0.267. The number of aromatic nitrogens is 6. The van der Waals surface area contributed by atoms with Crippen LogP contribution in [0.25, 0.3) is 45.3 Å². The number of aliphatic hydroxyl groups is 1. The predicted octanol–water partition coefficient (Wildman–Crippen LogP) is 10.3. The summed E-state index contributed by atoms with van der Waals surface area (Å²) in [5.74, 6) is 1.07. The fourth-order valence-electron chi connectivity index (χ4n) is 6.05. The van der Waals surface area contributed by atoms with Crippen molar-refractivity contribution in [3.05, 3.63) is 162 Å². The smallest absolute Gasteiger partial charge is 0.397 e. The Kier molecular flexibility index (Phi) is 23.4. The van der Waals surface area contributed by atoms with Gasteiger partial charge in [-0.05, 0) is 69.4 Å². The topological polar surface area (TPSA) is 161 Å². The molecule has 0 aliphatic heterocycles. The standard InChI is InChI=1S/C21H20N2.C14H10N4.C7H12.C2H6O.CH3.Ag.HNO3/c1-4-10-16(11-5-1)20-18-14-8-3-9-15-19(18)21(23-22-20)17-12-6-2-7-13-17;1-3-7-11(8-4-1)13-15-17-14(18-16-13)12-9-5-2-6-10-12;1-2-4-6-7-5-3-1;1-2-3;;;2-1(3)4/h1-2,4-7,10-13H,3,8-9,14-15H2;1-10H;1-2H,3-7H2;3H,2H2,1H3;1H3;;(H,2,3,4)/q;;;;-1;+1;. The van der Waals surface area contributed by atoms with Gasteiger partial charge in [0.25, 0.3) is 5.09 Å². The van der Waals surface area contributed by atoms with Crippen molar-refractivity contribution in [2.45, 2.75) is 71.1 Å². The van der Waals surface area contributed by atoms with Gasteiger partial charge < -0.3 is 17.7 Å². The number of fused-ring (bicyclic) bond motifs is 1. The van der Waals surface area contributed by atoms with E-state index in [-0.39, 0.29) is 36.4 Å². The molecule has 4 aromatic carbocycles. The van der Waals surface area contributed by atoms with Crippen LogP contribution in [0.1, 0.15) is 69.4 Å². The maximum absolute atomic E-state index is 8.36. The van der Waals surface area contributed by atoms with E-state index in [1.165, 1.54) is 73.6 Å². The summed E-state index contributed by atoms with van der Waals surface area (Å²) in [7, 11) is 0. The molecule has 57 heavy (non-hydrogen) atoms. The van der Waals surface area contributed by atoms with Crippen LogP contribution in [0.5, 0.6) is 0 Å². The molecule has 2 aromatic heterocycles. The van der Waals surface area contributed by atoms with Crippen molar-refractivity contribution in [3.8, 4) is 45.3 Å². The number of hydrogen-bond donors (Lipinski definition) is 2. The number of allylic oxidation sites excluding steroid dienone is 2. The second-order valence-corrected chi connectivity index (χ2v) is 12.6. The minimum atomic E-state index is -1.50. The minimum absolute atomic E-state index is 0. The number of aliphatic hydroxyl groups excluding tert-OH is 1. The molecule has 2 aliphatic rings. The number of benzene rings is 4. The van der Waals surface area contributed by atoms with Crippen LogP contribution in [-0.4, -0.2) is 52.6 Å². The summed E-state index contributed by atoms with van der Waals surface area (Å²) in [6.07, 6.45) is 17.5. The molecule has 0 saturated carbocycles. The number of hydrogen-bond acceptors (Lipinski definition) is 9. The van der Waals surface area contributed by atoms with Gasteiger partial charge in [-0.2, -0.15) is 0 Å². The Morgan fingerprint density at radius 3 is 1.12 bits per heavy atom. The van der Waals surface area contributed by atoms with Gasteiger partial charge in [0, 0.05) is 28.9 Å². The third-order valence-electron chi connectivity index (χ3n) is 8.59. The van der Waals surface area contributed by atoms with Crippen molar-refractivity contribution in [3.63, 3.8) is 0 Å². The average molecular weight is 863 g/mol. The Labute approximate surface area is 352 Å². The quantitative estimate of drug-likeness (QED) is 0.0436. The summed E-state index contributed by atoms with van der Waals surface area (Å²) in [4.78, 5) is 8.36. The van der Waals surface area contributed by atoms with E-state index >= 15 is 0 Å². The van der Waals surface area contributed by atoms with Crippen LogP contribution >= 0.6 is 0 Å². The predicted molar refractivity (Wildman–Crippen MR) is 223 cm³/mol. The van der Waals surface area contributed by atoms with Crippen LogP contribution in [0, 0.1) is 17.5 Å². The van der Waals surface area contributed by atoms with E-state index in [9.17, 15) is 0 Å². The molecule has 8 rings (SSSR count). The Morgan fingerprint density at radius 2 is 0.807 bits per heavy atom. The molecule has 302 valence electrons. The molecule has 12 heteroatoms. The molecule has 0 unspecified atom stereocenters. The van der Waals surface area contributed by atoms with Crippen molar-refractivity contribution in [2.75, 3.05) is 6.61 Å². The molecule has 0 saturated heterocycles. The van der Waals surface area contributed by atoms with Crippen LogP contribution in [0.4, 0.5) is 0 Å². The maximum atomic E-state index is 8.36. The Balaban J connectivity index is 0.000000292. The molecule has 0 radical (unpaired) electrons. The summed E-state index contributed by atoms with van der Waals surface area (Å²) in [6, 6.07) is 40.3. The van der Waals surface area contributed by atoms with E-state index in [0.29, 0.717) is 11.6 Å². The summed E-state index contributed by atoms with van der Waals surface area (Å²) in [6.45, 7) is 1.93. The van der Waals surface area contributed by atoms with Gasteiger partial charge in [0.15, 0.2) is 0 Å². The Morgan fingerprint density at radius 1 is 0.526 bits per heavy atom. The van der Waals surface area contributed by atoms with Crippen molar-refractivity contribution >= 4 is 0 Å². The van der Waals surface area contributed by atoms with Crippen LogP contribution in [0.15, 0.2) is 133 Å². The summed E-state index contributed by atoms with van der Waals surface area (Å²) >= 11 is 0. The molecule has 0 atom stereocenters. The first-order chi connectivity index (χ1) is 27.0. The molecule has 2 N–H and O–H groups in total. The van der Waals surface area contributed by atoms with E-state index in [1.807, 2.05) is 72.8 Å². The first-order valence-corrected chi connectivity index (χ1v) is 18.8. The zero-order chi connectivity index (χ0) is 38.9. The molecule has 11 nitrogen and oxygen atoms in total. The van der Waals surface area contributed by atoms with Gasteiger partial charge in [0.05, 0.1) is 11.4 Å². The number of nitrogens with zero attached hydrogens (tertiary/aromatic N) is 7. The third kappa shape index (κ3) is 16.7. The zero-order valence-electron chi connectivity index (χ0n) is 32.6. The molecule has 0 fully saturated rings. The molecule has 2 heterocycles. The molecule has 0 bridgehead atoms. The molecule has 0 amide bonds. The van der Waals surface area contributed by atoms with E-state index < -0.39 is 5.09 Å². The van der Waals surface area contributed by atoms with Crippen molar-refractivity contribution in [2.24, 2.45) is 0 Å². The van der Waals surface area contributed by atoms with E-state index in [0.717, 1.165) is 35.4 Å². The van der Waals surface area contributed by atoms with Crippen molar-refractivity contribution in [1.82, 2.24) is 30.6 Å². The van der Waals surface area contributed by atoms with E-state index in [1.54, 1.807) is 6.92 Å². The first-order valence-electron chi connectivity index (χ1n) is 18.8. The first kappa shape index (κ1) is 47.7. The normalized spacial score (nSPS) is 12.3. The van der Waals surface area contributed by atoms with Gasteiger partial charge in [-0.15, -0.1) is 40.7 Å². The molecule has 0 spiro atoms. The van der Waals surface area contributed by atoms with Gasteiger partial charge in [-0.1, -0.05) is 146 Å². The summed E-state index contributed by atoms with van der Waals surface area (Å²) in [5, 5.41) is 46.9. The van der Waals surface area contributed by atoms with Crippen LogP contribution in [0.2, 0.25) is 0 Å². The van der Waals surface area contributed by atoms with E-state index in [2.05, 4.69) is 91.3 Å². The largest absolute Gasteiger partial charge is 1.00 e. The second-order valence-electron chi connectivity index (χ2n) is 12.6. The van der Waals surface area contributed by atoms with Crippen LogP contribution < -0.4 is 0 Å². The Hall–Kier alpha value is -5.46. The zero-order valence-corrected chi connectivity index (χ0v) is 34.1. The van der Waals surface area contributed by atoms with Crippen LogP contribution in [0.3, 0.4) is 0 Å². The maximum Gasteiger partial charge on any atom is 1.00 e.